The van der Waals surface area contributed by atoms with Crippen LogP contribution in [-0.2, 0) is 4.79 Å². The molecule has 1 N–H and O–H groups in total. The Morgan fingerprint density at radius 3 is 2.47 bits per heavy atom. The number of nitrogens with zero attached hydrogens (tertiary/aromatic N) is 1. The summed E-state index contributed by atoms with van der Waals surface area (Å²) in [6.45, 7) is 12.7. The molecule has 0 aliphatic carbocycles. The first kappa shape index (κ1) is 12.5. The van der Waals surface area contributed by atoms with Crippen molar-refractivity contribution in [3.63, 3.8) is 0 Å². The van der Waals surface area contributed by atoms with Crippen LogP contribution in [0.2, 0.25) is 0 Å². The van der Waals surface area contributed by atoms with Crippen molar-refractivity contribution in [3.8, 4) is 0 Å². The zero-order valence-corrected chi connectivity index (χ0v) is 10.6. The van der Waals surface area contributed by atoms with Crippen molar-refractivity contribution < 1.29 is 4.79 Å². The molecule has 88 valence electrons. The Bertz CT molecular complexity index is 236. The number of hydrogen-bond acceptors (Lipinski definition) is 2. The maximum absolute atomic E-state index is 11.1. The summed E-state index contributed by atoms with van der Waals surface area (Å²) in [5.41, 5.74) is 0.175. The third-order valence-corrected chi connectivity index (χ3v) is 3.37. The molecule has 15 heavy (non-hydrogen) atoms. The quantitative estimate of drug-likeness (QED) is 0.754. The molecule has 0 bridgehead atoms. The van der Waals surface area contributed by atoms with E-state index in [4.69, 9.17) is 0 Å². The fourth-order valence-electron chi connectivity index (χ4n) is 2.35. The van der Waals surface area contributed by atoms with Gasteiger partial charge in [0.05, 0.1) is 0 Å². The average Bonchev–Trinajstić information content (AvgIpc) is 2.07. The van der Waals surface area contributed by atoms with Gasteiger partial charge in [-0.2, -0.15) is 0 Å². The maximum Gasteiger partial charge on any atom is 0.217 e. The van der Waals surface area contributed by atoms with Gasteiger partial charge >= 0.3 is 0 Å². The van der Waals surface area contributed by atoms with E-state index in [2.05, 4.69) is 37.9 Å². The van der Waals surface area contributed by atoms with Crippen molar-refractivity contribution in [1.82, 2.24) is 10.2 Å². The van der Waals surface area contributed by atoms with Gasteiger partial charge in [0.25, 0.3) is 0 Å². The minimum absolute atomic E-state index is 0.0890. The Morgan fingerprint density at radius 1 is 1.47 bits per heavy atom. The topological polar surface area (TPSA) is 32.3 Å². The lowest BCUT2D eigenvalue weighted by molar-refractivity contribution is -0.121. The number of nitrogens with one attached hydrogen (secondary N) is 1. The first-order chi connectivity index (χ1) is 6.83. The van der Waals surface area contributed by atoms with Crippen LogP contribution in [0.1, 0.15) is 41.0 Å². The summed E-state index contributed by atoms with van der Waals surface area (Å²) in [7, 11) is 0. The Hall–Kier alpha value is -0.570. The number of rotatable bonds is 2. The largest absolute Gasteiger partial charge is 0.353 e. The minimum atomic E-state index is 0.0890. The number of piperidine rings is 1. The Balaban J connectivity index is 2.62. The van der Waals surface area contributed by atoms with E-state index in [1.807, 2.05) is 0 Å². The zero-order chi connectivity index (χ0) is 11.6. The van der Waals surface area contributed by atoms with Gasteiger partial charge in [-0.25, -0.2) is 0 Å². The third kappa shape index (κ3) is 3.20. The molecule has 1 amide bonds. The lowest BCUT2D eigenvalue weighted by Crippen LogP contribution is -2.56. The van der Waals surface area contributed by atoms with Crippen LogP contribution in [0, 0.1) is 5.41 Å². The Labute approximate surface area is 93.2 Å². The van der Waals surface area contributed by atoms with Gasteiger partial charge in [0.2, 0.25) is 5.91 Å². The molecule has 0 aromatic carbocycles. The van der Waals surface area contributed by atoms with Crippen LogP contribution in [0.3, 0.4) is 0 Å². The second-order valence-corrected chi connectivity index (χ2v) is 5.59. The monoisotopic (exact) mass is 212 g/mol. The van der Waals surface area contributed by atoms with E-state index in [1.165, 1.54) is 0 Å². The highest BCUT2D eigenvalue weighted by atomic mass is 16.1. The first-order valence-corrected chi connectivity index (χ1v) is 5.84. The summed E-state index contributed by atoms with van der Waals surface area (Å²) in [5, 5.41) is 3.07. The number of amides is 1. The summed E-state index contributed by atoms with van der Waals surface area (Å²) in [5.74, 6) is 0.0890. The van der Waals surface area contributed by atoms with Crippen LogP contribution in [0.25, 0.3) is 0 Å². The van der Waals surface area contributed by atoms with Crippen LogP contribution in [-0.4, -0.2) is 36.0 Å². The normalized spacial score (nSPS) is 26.7. The molecule has 1 saturated heterocycles. The molecular weight excluding hydrogens is 188 g/mol. The molecule has 3 nitrogen and oxygen atoms in total. The Morgan fingerprint density at radius 2 is 2.07 bits per heavy atom. The highest BCUT2D eigenvalue weighted by molar-refractivity contribution is 5.73. The van der Waals surface area contributed by atoms with Crippen molar-refractivity contribution in [2.45, 2.75) is 53.1 Å². The lowest BCUT2D eigenvalue weighted by Gasteiger charge is -2.46. The SMILES string of the molecule is CC(=O)N[C@H]1CCN(C(C)C)CC1(C)C. The molecular formula is C12H24N2O. The molecule has 1 heterocycles. The maximum atomic E-state index is 11.1. The summed E-state index contributed by atoms with van der Waals surface area (Å²) in [4.78, 5) is 13.6. The highest BCUT2D eigenvalue weighted by Crippen LogP contribution is 2.30. The zero-order valence-electron chi connectivity index (χ0n) is 10.6. The number of carbonyl (C=O) groups is 1. The fraction of sp³-hybridized carbons (Fsp3) is 0.917. The van der Waals surface area contributed by atoms with Gasteiger partial charge < -0.3 is 10.2 Å². The standard InChI is InChI=1S/C12H24N2O/c1-9(2)14-7-6-11(13-10(3)15)12(4,5)8-14/h9,11H,6-8H2,1-5H3,(H,13,15)/t11-/m0/s1. The molecule has 0 radical (unpaired) electrons. The number of hydrogen-bond donors (Lipinski definition) is 1. The van der Waals surface area contributed by atoms with Crippen molar-refractivity contribution >= 4 is 5.91 Å². The summed E-state index contributed by atoms with van der Waals surface area (Å²) >= 11 is 0. The van der Waals surface area contributed by atoms with E-state index in [0.717, 1.165) is 19.5 Å². The van der Waals surface area contributed by atoms with Gasteiger partial charge in [0.1, 0.15) is 0 Å². The summed E-state index contributed by atoms with van der Waals surface area (Å²) in [6, 6.07) is 0.924. The summed E-state index contributed by atoms with van der Waals surface area (Å²) in [6.07, 6.45) is 1.06. The van der Waals surface area contributed by atoms with Gasteiger partial charge in [-0.1, -0.05) is 13.8 Å². The van der Waals surface area contributed by atoms with Gasteiger partial charge in [0, 0.05) is 32.1 Å². The van der Waals surface area contributed by atoms with Gasteiger partial charge in [0.15, 0.2) is 0 Å². The molecule has 0 saturated carbocycles. The van der Waals surface area contributed by atoms with Crippen LogP contribution >= 0.6 is 0 Å². The molecule has 1 aliphatic heterocycles. The smallest absolute Gasteiger partial charge is 0.217 e. The number of likely N-dealkylation sites (tertiary alicyclic amines) is 1. The van der Waals surface area contributed by atoms with Crippen LogP contribution in [0.15, 0.2) is 0 Å². The van der Waals surface area contributed by atoms with Gasteiger partial charge in [-0.3, -0.25) is 4.79 Å². The molecule has 0 unspecified atom stereocenters. The molecule has 0 aromatic heterocycles. The summed E-state index contributed by atoms with van der Waals surface area (Å²) < 4.78 is 0. The number of carbonyl (C=O) groups excluding carboxylic acids is 1. The second-order valence-electron chi connectivity index (χ2n) is 5.59. The molecule has 0 aromatic rings. The molecule has 1 aliphatic rings. The van der Waals surface area contributed by atoms with Crippen LogP contribution < -0.4 is 5.32 Å². The first-order valence-electron chi connectivity index (χ1n) is 5.84. The lowest BCUT2D eigenvalue weighted by atomic mass is 9.78. The van der Waals surface area contributed by atoms with E-state index >= 15 is 0 Å². The molecule has 0 spiro atoms. The van der Waals surface area contributed by atoms with Gasteiger partial charge in [-0.05, 0) is 25.7 Å². The molecule has 1 rings (SSSR count). The van der Waals surface area contributed by atoms with Crippen molar-refractivity contribution in [1.29, 1.82) is 0 Å². The van der Waals surface area contributed by atoms with Crippen LogP contribution in [0.4, 0.5) is 0 Å². The van der Waals surface area contributed by atoms with Gasteiger partial charge in [-0.15, -0.1) is 0 Å². The van der Waals surface area contributed by atoms with E-state index in [1.54, 1.807) is 6.92 Å². The average molecular weight is 212 g/mol. The third-order valence-electron chi connectivity index (χ3n) is 3.37. The van der Waals surface area contributed by atoms with E-state index < -0.39 is 0 Å². The van der Waals surface area contributed by atoms with E-state index in [9.17, 15) is 4.79 Å². The molecule has 1 fully saturated rings. The van der Waals surface area contributed by atoms with Crippen molar-refractivity contribution in [3.05, 3.63) is 0 Å². The minimum Gasteiger partial charge on any atom is -0.353 e. The molecule has 1 atom stereocenters. The fourth-order valence-corrected chi connectivity index (χ4v) is 2.35. The molecule has 3 heteroatoms. The highest BCUT2D eigenvalue weighted by Gasteiger charge is 2.36. The van der Waals surface area contributed by atoms with Crippen LogP contribution in [0.5, 0.6) is 0 Å². The second kappa shape index (κ2) is 4.52. The van der Waals surface area contributed by atoms with E-state index in [-0.39, 0.29) is 11.3 Å². The predicted octanol–water partition coefficient (Wildman–Crippen LogP) is 1.63. The Kier molecular flexibility index (Phi) is 3.77. The van der Waals surface area contributed by atoms with Crippen molar-refractivity contribution in [2.75, 3.05) is 13.1 Å². The van der Waals surface area contributed by atoms with Crippen molar-refractivity contribution in [2.24, 2.45) is 5.41 Å². The predicted molar refractivity (Wildman–Crippen MR) is 62.7 cm³/mol. The van der Waals surface area contributed by atoms with E-state index in [0.29, 0.717) is 12.1 Å².